The van der Waals surface area contributed by atoms with Crippen molar-refractivity contribution in [1.82, 2.24) is 29.9 Å². The number of fused-ring (bicyclic) bond motifs is 1. The number of rotatable bonds is 6. The average Bonchev–Trinajstić information content (AvgIpc) is 3.33. The predicted octanol–water partition coefficient (Wildman–Crippen LogP) is 1.47. The first kappa shape index (κ1) is 18.1. The number of hydrogen-bond acceptors (Lipinski definition) is 6. The Morgan fingerprint density at radius 3 is 2.96 bits per heavy atom. The molecule has 1 N–H and O–H groups in total. The molecule has 3 aromatic heterocycles. The zero-order valence-electron chi connectivity index (χ0n) is 15.5. The highest BCUT2D eigenvalue weighted by Gasteiger charge is 2.31. The Morgan fingerprint density at radius 2 is 2.26 bits per heavy atom. The Labute approximate surface area is 158 Å². The molecule has 27 heavy (non-hydrogen) atoms. The maximum atomic E-state index is 11.8. The fourth-order valence-electron chi connectivity index (χ4n) is 3.58. The number of nitrogens with zero attached hydrogens (tertiary/aromatic N) is 5. The van der Waals surface area contributed by atoms with Crippen LogP contribution in [0.5, 0.6) is 0 Å². The molecule has 0 aromatic carbocycles. The van der Waals surface area contributed by atoms with Crippen LogP contribution in [-0.2, 0) is 22.9 Å². The monoisotopic (exact) mass is 388 g/mol. The van der Waals surface area contributed by atoms with Gasteiger partial charge in [0.05, 0.1) is 29.8 Å². The molecule has 1 saturated heterocycles. The van der Waals surface area contributed by atoms with E-state index in [2.05, 4.69) is 33.5 Å². The first-order valence-corrected chi connectivity index (χ1v) is 11.0. The van der Waals surface area contributed by atoms with Gasteiger partial charge >= 0.3 is 0 Å². The summed E-state index contributed by atoms with van der Waals surface area (Å²) in [4.78, 5) is 4.60. The number of sulfone groups is 1. The topological polar surface area (TPSA) is 94.7 Å². The third kappa shape index (κ3) is 3.89. The molecule has 2 atom stereocenters. The van der Waals surface area contributed by atoms with Crippen LogP contribution in [0.15, 0.2) is 30.7 Å². The maximum Gasteiger partial charge on any atom is 0.158 e. The van der Waals surface area contributed by atoms with Gasteiger partial charge in [0.15, 0.2) is 15.5 Å². The summed E-state index contributed by atoms with van der Waals surface area (Å²) in [5, 5.41) is 13.3. The first-order chi connectivity index (χ1) is 12.9. The second-order valence-electron chi connectivity index (χ2n) is 7.31. The van der Waals surface area contributed by atoms with E-state index in [1.165, 1.54) is 0 Å². The molecule has 0 unspecified atom stereocenters. The van der Waals surface area contributed by atoms with Gasteiger partial charge in [-0.2, -0.15) is 10.2 Å². The van der Waals surface area contributed by atoms with Crippen molar-refractivity contribution >= 4 is 20.9 Å². The largest absolute Gasteiger partial charge is 0.308 e. The third-order valence-corrected chi connectivity index (χ3v) is 6.77. The Kier molecular flexibility index (Phi) is 4.73. The van der Waals surface area contributed by atoms with Crippen LogP contribution in [0.1, 0.15) is 30.6 Å². The quantitative estimate of drug-likeness (QED) is 0.687. The number of nitrogens with one attached hydrogen (secondary N) is 1. The van der Waals surface area contributed by atoms with Gasteiger partial charge in [-0.1, -0.05) is 0 Å². The van der Waals surface area contributed by atoms with Gasteiger partial charge in [-0.3, -0.25) is 4.68 Å². The average molecular weight is 388 g/mol. The molecular weight excluding hydrogens is 364 g/mol. The lowest BCUT2D eigenvalue weighted by Crippen LogP contribution is -2.30. The molecule has 1 fully saturated rings. The molecule has 3 aromatic rings. The van der Waals surface area contributed by atoms with Gasteiger partial charge in [-0.15, -0.1) is 0 Å². The van der Waals surface area contributed by atoms with Crippen molar-refractivity contribution in [2.24, 2.45) is 0 Å². The molecule has 1 aliphatic heterocycles. The van der Waals surface area contributed by atoms with Crippen LogP contribution < -0.4 is 5.32 Å². The van der Waals surface area contributed by atoms with E-state index in [-0.39, 0.29) is 23.6 Å². The van der Waals surface area contributed by atoms with Gasteiger partial charge in [-0.25, -0.2) is 18.1 Å². The van der Waals surface area contributed by atoms with Crippen LogP contribution in [-0.4, -0.2) is 50.5 Å². The number of pyridine rings is 1. The third-order valence-electron chi connectivity index (χ3n) is 5.02. The number of aromatic nitrogens is 5. The van der Waals surface area contributed by atoms with Gasteiger partial charge in [0.25, 0.3) is 0 Å². The Hall–Kier alpha value is -2.26. The van der Waals surface area contributed by atoms with E-state index in [0.717, 1.165) is 28.8 Å². The molecule has 0 spiro atoms. The van der Waals surface area contributed by atoms with E-state index in [0.29, 0.717) is 13.0 Å². The lowest BCUT2D eigenvalue weighted by molar-refractivity contribution is 0.450. The van der Waals surface area contributed by atoms with Crippen molar-refractivity contribution in [3.05, 3.63) is 42.0 Å². The van der Waals surface area contributed by atoms with Crippen molar-refractivity contribution in [3.63, 3.8) is 0 Å². The number of aryl methyl sites for hydroxylation is 1. The maximum absolute atomic E-state index is 11.8. The lowest BCUT2D eigenvalue weighted by atomic mass is 10.2. The zero-order valence-corrected chi connectivity index (χ0v) is 16.4. The predicted molar refractivity (Wildman–Crippen MR) is 103 cm³/mol. The summed E-state index contributed by atoms with van der Waals surface area (Å²) in [7, 11) is -2.96. The minimum Gasteiger partial charge on any atom is -0.308 e. The molecule has 0 radical (unpaired) electrons. The highest BCUT2D eigenvalue weighted by atomic mass is 32.2. The fraction of sp³-hybridized carbons (Fsp3) is 0.500. The first-order valence-electron chi connectivity index (χ1n) is 9.16. The molecule has 4 heterocycles. The van der Waals surface area contributed by atoms with E-state index >= 15 is 0 Å². The van der Waals surface area contributed by atoms with Crippen LogP contribution >= 0.6 is 0 Å². The Morgan fingerprint density at radius 1 is 1.41 bits per heavy atom. The summed E-state index contributed by atoms with van der Waals surface area (Å²) in [6, 6.07) is 4.17. The van der Waals surface area contributed by atoms with Crippen molar-refractivity contribution in [2.75, 3.05) is 11.5 Å². The van der Waals surface area contributed by atoms with Gasteiger partial charge < -0.3 is 5.32 Å². The van der Waals surface area contributed by atoms with Crippen LogP contribution in [0.3, 0.4) is 0 Å². The molecule has 9 heteroatoms. The minimum atomic E-state index is -2.96. The van der Waals surface area contributed by atoms with Crippen molar-refractivity contribution in [2.45, 2.75) is 45.4 Å². The molecule has 0 amide bonds. The van der Waals surface area contributed by atoms with E-state index < -0.39 is 9.84 Å². The Balaban J connectivity index is 1.49. The molecule has 0 aliphatic carbocycles. The van der Waals surface area contributed by atoms with Gasteiger partial charge in [0.1, 0.15) is 0 Å². The summed E-state index contributed by atoms with van der Waals surface area (Å²) in [6.07, 6.45) is 6.18. The molecule has 8 nitrogen and oxygen atoms in total. The van der Waals surface area contributed by atoms with E-state index in [1.54, 1.807) is 10.9 Å². The number of hydrogen-bond donors (Lipinski definition) is 1. The van der Waals surface area contributed by atoms with Crippen molar-refractivity contribution in [1.29, 1.82) is 0 Å². The molecule has 0 saturated carbocycles. The van der Waals surface area contributed by atoms with Gasteiger partial charge in [-0.05, 0) is 38.0 Å². The van der Waals surface area contributed by atoms with Gasteiger partial charge in [0.2, 0.25) is 0 Å². The normalized spacial score (nSPS) is 20.3. The summed E-state index contributed by atoms with van der Waals surface area (Å²) >= 11 is 0. The molecule has 0 bridgehead atoms. The van der Waals surface area contributed by atoms with E-state index in [9.17, 15) is 8.42 Å². The van der Waals surface area contributed by atoms with Crippen LogP contribution in [0, 0.1) is 6.92 Å². The highest BCUT2D eigenvalue weighted by Crippen LogP contribution is 2.28. The van der Waals surface area contributed by atoms with Crippen molar-refractivity contribution in [3.8, 4) is 0 Å². The summed E-state index contributed by atoms with van der Waals surface area (Å²) in [6.45, 7) is 5.57. The SMILES string of the molecule is Cc1nn([C@H]2CCS(=O)(=O)C2)c2ncc(CN[C@@H](C)Cn3cccn3)cc12. The Bertz CT molecular complexity index is 1040. The summed E-state index contributed by atoms with van der Waals surface area (Å²) in [5.74, 6) is 0.382. The molecule has 1 aliphatic rings. The van der Waals surface area contributed by atoms with Crippen LogP contribution in [0.4, 0.5) is 0 Å². The van der Waals surface area contributed by atoms with E-state index in [1.807, 2.05) is 30.1 Å². The van der Waals surface area contributed by atoms with Crippen molar-refractivity contribution < 1.29 is 8.42 Å². The standard InChI is InChI=1S/C18H24N6O2S/c1-13(11-23-6-3-5-21-23)19-9-15-8-17-14(2)22-24(18(17)20-10-15)16-4-7-27(25,26)12-16/h3,5-6,8,10,13,16,19H,4,7,9,11-12H2,1-2H3/t13-,16-/m0/s1. The fourth-order valence-corrected chi connectivity index (χ4v) is 5.27. The second kappa shape index (κ2) is 7.05. The molecule has 4 rings (SSSR count). The smallest absolute Gasteiger partial charge is 0.158 e. The summed E-state index contributed by atoms with van der Waals surface area (Å²) in [5.41, 5.74) is 2.73. The highest BCUT2D eigenvalue weighted by molar-refractivity contribution is 7.91. The minimum absolute atomic E-state index is 0.114. The molecular formula is C18H24N6O2S. The van der Waals surface area contributed by atoms with E-state index in [4.69, 9.17) is 0 Å². The van der Waals surface area contributed by atoms with Crippen LogP contribution in [0.2, 0.25) is 0 Å². The zero-order chi connectivity index (χ0) is 19.0. The van der Waals surface area contributed by atoms with Gasteiger partial charge in [0, 0.05) is 36.6 Å². The second-order valence-corrected chi connectivity index (χ2v) is 9.54. The summed E-state index contributed by atoms with van der Waals surface area (Å²) < 4.78 is 27.3. The van der Waals surface area contributed by atoms with Crippen LogP contribution in [0.25, 0.3) is 11.0 Å². The molecule has 144 valence electrons. The lowest BCUT2D eigenvalue weighted by Gasteiger charge is -2.14.